The summed E-state index contributed by atoms with van der Waals surface area (Å²) < 4.78 is 0. The molecule has 2 aromatic heterocycles. The van der Waals surface area contributed by atoms with E-state index in [2.05, 4.69) is 27.2 Å². The molecular weight excluding hydrogens is 372 g/mol. The zero-order chi connectivity index (χ0) is 21.0. The number of nitrogens with zero attached hydrogens (tertiary/aromatic N) is 2. The minimum absolute atomic E-state index is 0.215. The molecule has 154 valence electrons. The zero-order valence-corrected chi connectivity index (χ0v) is 16.7. The Labute approximate surface area is 168 Å². The van der Waals surface area contributed by atoms with Crippen LogP contribution in [0.3, 0.4) is 0 Å². The molecule has 0 atom stereocenters. The van der Waals surface area contributed by atoms with Crippen molar-refractivity contribution in [1.82, 2.24) is 20.3 Å². The number of H-pyrrole nitrogens is 1. The molecule has 0 saturated heterocycles. The lowest BCUT2D eigenvalue weighted by Gasteiger charge is -2.37. The Morgan fingerprint density at radius 3 is 2.62 bits per heavy atom. The fourth-order valence-electron chi connectivity index (χ4n) is 3.90. The first-order valence-electron chi connectivity index (χ1n) is 9.89. The molecule has 0 aromatic carbocycles. The van der Waals surface area contributed by atoms with Gasteiger partial charge in [0, 0.05) is 29.2 Å². The summed E-state index contributed by atoms with van der Waals surface area (Å²) in [6.07, 6.45) is 6.35. The van der Waals surface area contributed by atoms with Crippen LogP contribution in [0.4, 0.5) is 0 Å². The average Bonchev–Trinajstić information content (AvgIpc) is 2.71. The van der Waals surface area contributed by atoms with Crippen molar-refractivity contribution in [3.05, 3.63) is 46.1 Å². The Bertz CT molecular complexity index is 947. The molecule has 1 saturated carbocycles. The number of pyridine rings is 1. The van der Waals surface area contributed by atoms with Crippen LogP contribution in [-0.4, -0.2) is 37.5 Å². The van der Waals surface area contributed by atoms with E-state index in [1.54, 1.807) is 31.5 Å². The van der Waals surface area contributed by atoms with Crippen molar-refractivity contribution >= 4 is 11.9 Å². The number of amides is 1. The maximum absolute atomic E-state index is 12.6. The van der Waals surface area contributed by atoms with Crippen molar-refractivity contribution in [2.24, 2.45) is 5.92 Å². The van der Waals surface area contributed by atoms with Gasteiger partial charge in [-0.25, -0.2) is 9.78 Å². The van der Waals surface area contributed by atoms with Crippen LogP contribution in [-0.2, 0) is 16.0 Å². The summed E-state index contributed by atoms with van der Waals surface area (Å²) in [6, 6.07) is 3.52. The van der Waals surface area contributed by atoms with E-state index in [-0.39, 0.29) is 12.0 Å². The number of aryl methyl sites for hydroxylation is 1. The number of aromatic amines is 1. The normalized spacial score (nSPS) is 21.5. The summed E-state index contributed by atoms with van der Waals surface area (Å²) in [4.78, 5) is 48.2. The van der Waals surface area contributed by atoms with Gasteiger partial charge in [0.1, 0.15) is 11.4 Å². The van der Waals surface area contributed by atoms with Gasteiger partial charge in [0.2, 0.25) is 5.91 Å². The monoisotopic (exact) mass is 398 g/mol. The minimum Gasteiger partial charge on any atom is -0.480 e. The van der Waals surface area contributed by atoms with Crippen molar-refractivity contribution in [2.75, 3.05) is 0 Å². The second kappa shape index (κ2) is 8.55. The van der Waals surface area contributed by atoms with Crippen LogP contribution in [0.15, 0.2) is 29.3 Å². The Kier molecular flexibility index (Phi) is 6.10. The molecule has 8 heteroatoms. The van der Waals surface area contributed by atoms with Crippen molar-refractivity contribution in [1.29, 1.82) is 0 Å². The molecule has 0 radical (unpaired) electrons. The Morgan fingerprint density at radius 2 is 2.07 bits per heavy atom. The lowest BCUT2D eigenvalue weighted by molar-refractivity contribution is -0.149. The molecule has 3 N–H and O–H groups in total. The number of carbonyl (C=O) groups is 2. The van der Waals surface area contributed by atoms with Gasteiger partial charge in [0.15, 0.2) is 0 Å². The van der Waals surface area contributed by atoms with E-state index in [9.17, 15) is 19.5 Å². The molecule has 0 spiro atoms. The van der Waals surface area contributed by atoms with E-state index >= 15 is 0 Å². The molecule has 29 heavy (non-hydrogen) atoms. The predicted octanol–water partition coefficient (Wildman–Crippen LogP) is 2.22. The number of nitrogens with one attached hydrogen (secondary N) is 2. The van der Waals surface area contributed by atoms with Crippen molar-refractivity contribution in [3.8, 4) is 11.4 Å². The first-order chi connectivity index (χ1) is 13.8. The first-order valence-corrected chi connectivity index (χ1v) is 9.89. The standard InChI is InChI=1S/C21H26N4O4/c1-3-14-6-8-21(9-7-14,20(28)29)25-17(26)11-16-13(2)23-18(24-19(16)27)15-5-4-10-22-12-15/h4-5,10,12,14H,3,6-9,11H2,1-2H3,(H,25,26)(H,28,29)(H,23,24,27). The summed E-state index contributed by atoms with van der Waals surface area (Å²) in [7, 11) is 0. The number of carbonyl (C=O) groups excluding carboxylic acids is 1. The van der Waals surface area contributed by atoms with Crippen LogP contribution in [0.25, 0.3) is 11.4 Å². The maximum atomic E-state index is 12.6. The Hall–Kier alpha value is -3.03. The minimum atomic E-state index is -1.26. The zero-order valence-electron chi connectivity index (χ0n) is 16.7. The molecule has 1 amide bonds. The third kappa shape index (κ3) is 4.52. The maximum Gasteiger partial charge on any atom is 0.329 e. The fraction of sp³-hybridized carbons (Fsp3) is 0.476. The van der Waals surface area contributed by atoms with Gasteiger partial charge >= 0.3 is 5.97 Å². The van der Waals surface area contributed by atoms with Gasteiger partial charge < -0.3 is 15.4 Å². The number of rotatable bonds is 6. The fourth-order valence-corrected chi connectivity index (χ4v) is 3.90. The largest absolute Gasteiger partial charge is 0.480 e. The van der Waals surface area contributed by atoms with Crippen LogP contribution in [0.1, 0.15) is 50.3 Å². The van der Waals surface area contributed by atoms with Crippen LogP contribution in [0.5, 0.6) is 0 Å². The van der Waals surface area contributed by atoms with Gasteiger partial charge in [-0.1, -0.05) is 13.3 Å². The highest BCUT2D eigenvalue weighted by Gasteiger charge is 2.42. The number of hydrogen-bond acceptors (Lipinski definition) is 5. The summed E-state index contributed by atoms with van der Waals surface area (Å²) in [6.45, 7) is 3.76. The van der Waals surface area contributed by atoms with Gasteiger partial charge in [-0.05, 0) is 50.7 Å². The summed E-state index contributed by atoms with van der Waals surface area (Å²) in [5.41, 5.74) is -0.335. The molecule has 0 aliphatic heterocycles. The molecular formula is C21H26N4O4. The lowest BCUT2D eigenvalue weighted by atomic mass is 9.75. The van der Waals surface area contributed by atoms with Crippen LogP contribution in [0.2, 0.25) is 0 Å². The van der Waals surface area contributed by atoms with E-state index in [0.29, 0.717) is 35.8 Å². The van der Waals surface area contributed by atoms with Crippen molar-refractivity contribution < 1.29 is 14.7 Å². The van der Waals surface area contributed by atoms with Crippen LogP contribution in [0, 0.1) is 12.8 Å². The van der Waals surface area contributed by atoms with E-state index < -0.39 is 23.0 Å². The first kappa shape index (κ1) is 20.7. The SMILES string of the molecule is CCC1CCC(NC(=O)Cc2c(C)nc(-c3cccnc3)[nH]c2=O)(C(=O)O)CC1. The predicted molar refractivity (Wildman–Crippen MR) is 107 cm³/mol. The second-order valence-electron chi connectivity index (χ2n) is 7.68. The topological polar surface area (TPSA) is 125 Å². The van der Waals surface area contributed by atoms with E-state index in [4.69, 9.17) is 0 Å². The van der Waals surface area contributed by atoms with Crippen LogP contribution < -0.4 is 10.9 Å². The summed E-state index contributed by atoms with van der Waals surface area (Å²) in [5, 5.41) is 12.4. The Balaban J connectivity index is 1.76. The molecule has 3 rings (SSSR count). The van der Waals surface area contributed by atoms with Crippen molar-refractivity contribution in [3.63, 3.8) is 0 Å². The summed E-state index contributed by atoms with van der Waals surface area (Å²) in [5.74, 6) is -0.624. The van der Waals surface area contributed by atoms with E-state index in [1.807, 2.05) is 0 Å². The van der Waals surface area contributed by atoms with Gasteiger partial charge in [-0.15, -0.1) is 0 Å². The van der Waals surface area contributed by atoms with Crippen molar-refractivity contribution in [2.45, 2.75) is 57.9 Å². The lowest BCUT2D eigenvalue weighted by Crippen LogP contribution is -2.56. The number of hydrogen-bond donors (Lipinski definition) is 3. The van der Waals surface area contributed by atoms with E-state index in [0.717, 1.165) is 19.3 Å². The highest BCUT2D eigenvalue weighted by atomic mass is 16.4. The average molecular weight is 398 g/mol. The molecule has 2 heterocycles. The third-order valence-electron chi connectivity index (χ3n) is 5.82. The molecule has 0 bridgehead atoms. The second-order valence-corrected chi connectivity index (χ2v) is 7.68. The molecule has 0 unspecified atom stereocenters. The molecule has 1 aliphatic carbocycles. The Morgan fingerprint density at radius 1 is 1.34 bits per heavy atom. The molecule has 8 nitrogen and oxygen atoms in total. The smallest absolute Gasteiger partial charge is 0.329 e. The number of carboxylic acids is 1. The number of carboxylic acid groups (broad SMARTS) is 1. The number of aromatic nitrogens is 3. The summed E-state index contributed by atoms with van der Waals surface area (Å²) >= 11 is 0. The molecule has 1 aliphatic rings. The highest BCUT2D eigenvalue weighted by molar-refractivity contribution is 5.88. The number of aliphatic carboxylic acids is 1. The van der Waals surface area contributed by atoms with Gasteiger partial charge in [0.05, 0.1) is 6.42 Å². The van der Waals surface area contributed by atoms with Gasteiger partial charge in [0.25, 0.3) is 5.56 Å². The third-order valence-corrected chi connectivity index (χ3v) is 5.82. The molecule has 2 aromatic rings. The van der Waals surface area contributed by atoms with E-state index in [1.165, 1.54) is 0 Å². The van der Waals surface area contributed by atoms with Gasteiger partial charge in [-0.2, -0.15) is 0 Å². The van der Waals surface area contributed by atoms with Gasteiger partial charge in [-0.3, -0.25) is 14.6 Å². The highest BCUT2D eigenvalue weighted by Crippen LogP contribution is 2.34. The molecule has 1 fully saturated rings. The van der Waals surface area contributed by atoms with Crippen LogP contribution >= 0.6 is 0 Å². The quantitative estimate of drug-likeness (QED) is 0.685.